The van der Waals surface area contributed by atoms with Crippen LogP contribution in [0.5, 0.6) is 0 Å². The van der Waals surface area contributed by atoms with Crippen molar-refractivity contribution in [3.8, 4) is 55.6 Å². The van der Waals surface area contributed by atoms with Crippen LogP contribution in [0.15, 0.2) is 315 Å². The second kappa shape index (κ2) is 20.4. The fourth-order valence-corrected chi connectivity index (χ4v) is 13.1. The maximum absolute atomic E-state index is 2.33. The van der Waals surface area contributed by atoms with Crippen LogP contribution in [0.1, 0.15) is 11.1 Å². The summed E-state index contributed by atoms with van der Waals surface area (Å²) in [5.41, 5.74) is 16.7. The van der Waals surface area contributed by atoms with Crippen molar-refractivity contribution >= 4 is 86.2 Å². The van der Waals surface area contributed by atoms with Crippen LogP contribution in [-0.4, -0.2) is 0 Å². The third-order valence-electron chi connectivity index (χ3n) is 16.8. The third kappa shape index (κ3) is 8.49. The standard InChI is InChI=1S/C20H12.C18H12.C16H10.C14H10.C13H10/c1-2-6-15-12-19-17-10-4-8-13-7-3-9-16(20(13)17)18(19)11-14(15)5-1;1-2-8-14-13(7-1)15-9-3-4-11-17(15)18-12-6-5-10-16(14)18;1-2-8-13-12(7-1)14-9-3-5-11-6-4-10-15(13)16(11)14;1-3-7-13-11(5-1)9-10-12-6-2-4-8-14(12)13;1-3-7-12-10(5-1)9-11-6-2-4-8-13(11)12/h1-12H;1-12H;1-10H;1-10H;1-8H,9H2. The Balaban J connectivity index is 0.0000000878. The lowest BCUT2D eigenvalue weighted by Gasteiger charge is -2.09. The first kappa shape index (κ1) is 47.8. The van der Waals surface area contributed by atoms with Gasteiger partial charge in [0, 0.05) is 0 Å². The minimum Gasteiger partial charge on any atom is -0.0619 e. The third-order valence-corrected chi connectivity index (χ3v) is 16.8. The maximum Gasteiger partial charge on any atom is -0.00135 e. The van der Waals surface area contributed by atoms with Gasteiger partial charge in [0.2, 0.25) is 0 Å². The summed E-state index contributed by atoms with van der Waals surface area (Å²) in [4.78, 5) is 0. The van der Waals surface area contributed by atoms with Gasteiger partial charge in [0.1, 0.15) is 0 Å². The van der Waals surface area contributed by atoms with Gasteiger partial charge >= 0.3 is 0 Å². The van der Waals surface area contributed by atoms with Gasteiger partial charge in [-0.25, -0.2) is 0 Å². The number of fused-ring (bicyclic) bond motifs is 19. The topological polar surface area (TPSA) is 0 Å². The molecule has 0 atom stereocenters. The van der Waals surface area contributed by atoms with E-state index in [0.29, 0.717) is 0 Å². The predicted octanol–water partition coefficient (Wildman–Crippen LogP) is 22.5. The smallest absolute Gasteiger partial charge is 0.00135 e. The highest BCUT2D eigenvalue weighted by Crippen LogP contribution is 2.49. The molecule has 16 aromatic rings. The van der Waals surface area contributed by atoms with Crippen molar-refractivity contribution < 1.29 is 0 Å². The van der Waals surface area contributed by atoms with Gasteiger partial charge in [0.25, 0.3) is 0 Å². The molecule has 0 nitrogen and oxygen atoms in total. The maximum atomic E-state index is 2.33. The molecule has 0 N–H and O–H groups in total. The Labute approximate surface area is 472 Å². The Morgan fingerprint density at radius 2 is 0.395 bits per heavy atom. The highest BCUT2D eigenvalue weighted by molar-refractivity contribution is 6.25. The molecular formula is C81H54. The van der Waals surface area contributed by atoms with Crippen LogP contribution in [0.3, 0.4) is 0 Å². The van der Waals surface area contributed by atoms with E-state index in [2.05, 4.69) is 315 Å². The molecule has 0 aliphatic heterocycles. The van der Waals surface area contributed by atoms with Crippen LogP contribution in [-0.2, 0) is 6.42 Å². The fraction of sp³-hybridized carbons (Fsp3) is 0.0123. The molecule has 0 saturated carbocycles. The van der Waals surface area contributed by atoms with Gasteiger partial charge in [-0.3, -0.25) is 0 Å². The summed E-state index contributed by atoms with van der Waals surface area (Å²) < 4.78 is 0. The highest BCUT2D eigenvalue weighted by atomic mass is 14.3. The van der Waals surface area contributed by atoms with Crippen LogP contribution in [0, 0.1) is 0 Å². The summed E-state index contributed by atoms with van der Waals surface area (Å²) in [5.74, 6) is 0. The molecule has 0 fully saturated rings. The molecule has 0 saturated heterocycles. The molecule has 0 heteroatoms. The summed E-state index contributed by atoms with van der Waals surface area (Å²) in [6, 6.07) is 113. The minimum absolute atomic E-state index is 1.10. The van der Waals surface area contributed by atoms with Gasteiger partial charge in [-0.05, 0) is 171 Å². The van der Waals surface area contributed by atoms with Crippen molar-refractivity contribution in [2.45, 2.75) is 6.42 Å². The van der Waals surface area contributed by atoms with Gasteiger partial charge in [0.05, 0.1) is 0 Å². The number of benzene rings is 16. The lowest BCUT2D eigenvalue weighted by Crippen LogP contribution is -1.81. The van der Waals surface area contributed by atoms with E-state index in [9.17, 15) is 0 Å². The monoisotopic (exact) mass is 1030 g/mol. The second-order valence-corrected chi connectivity index (χ2v) is 21.3. The Morgan fingerprint density at radius 1 is 0.148 bits per heavy atom. The molecule has 0 aromatic heterocycles. The summed E-state index contributed by atoms with van der Waals surface area (Å²) in [6.07, 6.45) is 1.10. The predicted molar refractivity (Wildman–Crippen MR) is 349 cm³/mol. The van der Waals surface area contributed by atoms with Crippen LogP contribution in [0.4, 0.5) is 0 Å². The van der Waals surface area contributed by atoms with E-state index in [4.69, 9.17) is 0 Å². The van der Waals surface area contributed by atoms with E-state index in [1.54, 1.807) is 0 Å². The summed E-state index contributed by atoms with van der Waals surface area (Å²) in [7, 11) is 0. The van der Waals surface area contributed by atoms with E-state index < -0.39 is 0 Å². The van der Waals surface area contributed by atoms with E-state index >= 15 is 0 Å². The average molecular weight is 1030 g/mol. The van der Waals surface area contributed by atoms with Crippen molar-refractivity contribution in [1.82, 2.24) is 0 Å². The lowest BCUT2D eigenvalue weighted by atomic mass is 9.95. The number of hydrogen-bond acceptors (Lipinski definition) is 0. The number of hydrogen-bond donors (Lipinski definition) is 0. The highest BCUT2D eigenvalue weighted by Gasteiger charge is 2.22. The molecule has 378 valence electrons. The van der Waals surface area contributed by atoms with Crippen LogP contribution in [0.2, 0.25) is 0 Å². The summed E-state index contributed by atoms with van der Waals surface area (Å²) in [6.45, 7) is 0. The van der Waals surface area contributed by atoms with Crippen LogP contribution >= 0.6 is 0 Å². The minimum atomic E-state index is 1.10. The van der Waals surface area contributed by atoms with Crippen molar-refractivity contribution in [2.75, 3.05) is 0 Å². The van der Waals surface area contributed by atoms with Gasteiger partial charge in [-0.15, -0.1) is 0 Å². The zero-order chi connectivity index (χ0) is 53.6. The largest absolute Gasteiger partial charge is 0.0619 e. The van der Waals surface area contributed by atoms with Crippen molar-refractivity contribution in [1.29, 1.82) is 0 Å². The molecule has 0 amide bonds. The average Bonchev–Trinajstić information content (AvgIpc) is 4.43. The molecule has 3 aliphatic rings. The van der Waals surface area contributed by atoms with Crippen LogP contribution in [0.25, 0.3) is 142 Å². The molecule has 0 unspecified atom stereocenters. The molecule has 0 heterocycles. The molecular weight excluding hydrogens is 973 g/mol. The van der Waals surface area contributed by atoms with Gasteiger partial charge in [0.15, 0.2) is 0 Å². The normalized spacial score (nSPS) is 11.7. The van der Waals surface area contributed by atoms with E-state index in [-0.39, 0.29) is 0 Å². The molecule has 81 heavy (non-hydrogen) atoms. The Morgan fingerprint density at radius 3 is 0.753 bits per heavy atom. The first-order valence-corrected chi connectivity index (χ1v) is 28.2. The first-order valence-electron chi connectivity index (χ1n) is 28.2. The Hall–Kier alpha value is -10.4. The quantitative estimate of drug-likeness (QED) is 0.133. The van der Waals surface area contributed by atoms with Gasteiger partial charge < -0.3 is 0 Å². The molecule has 0 radical (unpaired) electrons. The first-order chi connectivity index (χ1) is 40.2. The fourth-order valence-electron chi connectivity index (χ4n) is 13.1. The van der Waals surface area contributed by atoms with Gasteiger partial charge in [-0.1, -0.05) is 303 Å². The Kier molecular flexibility index (Phi) is 12.1. The van der Waals surface area contributed by atoms with Gasteiger partial charge in [-0.2, -0.15) is 0 Å². The second-order valence-electron chi connectivity index (χ2n) is 21.3. The summed E-state index contributed by atoms with van der Waals surface area (Å²) in [5, 5.41) is 21.5. The van der Waals surface area contributed by atoms with Crippen molar-refractivity contribution in [2.24, 2.45) is 0 Å². The molecule has 3 aliphatic carbocycles. The number of rotatable bonds is 0. The zero-order valence-electron chi connectivity index (χ0n) is 44.7. The van der Waals surface area contributed by atoms with Crippen LogP contribution < -0.4 is 0 Å². The molecule has 19 rings (SSSR count). The lowest BCUT2D eigenvalue weighted by molar-refractivity contribution is 1.26. The molecule has 0 spiro atoms. The van der Waals surface area contributed by atoms with E-state index in [1.807, 2.05) is 0 Å². The molecule has 0 bridgehead atoms. The van der Waals surface area contributed by atoms with E-state index in [1.165, 1.54) is 153 Å². The van der Waals surface area contributed by atoms with Crippen molar-refractivity contribution in [3.05, 3.63) is 327 Å². The summed E-state index contributed by atoms with van der Waals surface area (Å²) >= 11 is 0. The Bertz CT molecular complexity index is 4640. The SMILES string of the molecule is c1ccc2c(c1)-c1cccc3cccc-2c13.c1ccc2c(c1)Cc1ccccc1-2.c1ccc2c(c1)c1ccccc1c1ccccc21.c1ccc2c(c1)ccc1ccccc12.c1ccc2cc3c(cc2c1)-c1cccc2cccc-3c12. The van der Waals surface area contributed by atoms with E-state index in [0.717, 1.165) is 6.42 Å². The zero-order valence-corrected chi connectivity index (χ0v) is 44.7. The van der Waals surface area contributed by atoms with Crippen molar-refractivity contribution in [3.63, 3.8) is 0 Å². The molecule has 16 aromatic carbocycles.